The number of phenols is 1. The van der Waals surface area contributed by atoms with Gasteiger partial charge in [0.25, 0.3) is 11.7 Å². The predicted octanol–water partition coefficient (Wildman–Crippen LogP) is 3.83. The summed E-state index contributed by atoms with van der Waals surface area (Å²) >= 11 is 1.23. The molecule has 4 rings (SSSR count). The highest BCUT2D eigenvalue weighted by Crippen LogP contribution is 2.33. The van der Waals surface area contributed by atoms with Gasteiger partial charge in [0.2, 0.25) is 5.82 Å². The van der Waals surface area contributed by atoms with Crippen LogP contribution < -0.4 is 5.32 Å². The molecule has 1 amide bonds. The Balaban J connectivity index is 1.77. The van der Waals surface area contributed by atoms with Crippen molar-refractivity contribution in [3.8, 4) is 16.3 Å². The highest BCUT2D eigenvalue weighted by molar-refractivity contribution is 7.13. The lowest BCUT2D eigenvalue weighted by Gasteiger charge is -2.09. The van der Waals surface area contributed by atoms with Crippen LogP contribution >= 0.6 is 11.3 Å². The smallest absolute Gasteiger partial charge is 0.433 e. The number of anilines is 1. The van der Waals surface area contributed by atoms with Crippen LogP contribution in [-0.4, -0.2) is 30.6 Å². The largest absolute Gasteiger partial charge is 0.508 e. The minimum Gasteiger partial charge on any atom is -0.508 e. The van der Waals surface area contributed by atoms with Crippen molar-refractivity contribution in [1.82, 2.24) is 19.6 Å². The summed E-state index contributed by atoms with van der Waals surface area (Å²) in [5.41, 5.74) is -0.672. The second-order valence-corrected chi connectivity index (χ2v) is 6.60. The van der Waals surface area contributed by atoms with Crippen molar-refractivity contribution in [2.45, 2.75) is 6.18 Å². The van der Waals surface area contributed by atoms with E-state index >= 15 is 0 Å². The maximum absolute atomic E-state index is 13.5. The molecule has 3 aromatic heterocycles. The molecule has 0 spiro atoms. The molecule has 0 aliphatic rings. The molecule has 0 atom stereocenters. The van der Waals surface area contributed by atoms with E-state index < -0.39 is 23.6 Å². The first-order valence-electron chi connectivity index (χ1n) is 7.80. The lowest BCUT2D eigenvalue weighted by molar-refractivity contribution is -0.142. The van der Waals surface area contributed by atoms with Crippen molar-refractivity contribution < 1.29 is 23.1 Å². The number of hydrogen-bond acceptors (Lipinski definition) is 6. The van der Waals surface area contributed by atoms with E-state index in [0.717, 1.165) is 6.07 Å². The monoisotopic (exact) mass is 405 g/mol. The van der Waals surface area contributed by atoms with Crippen molar-refractivity contribution >= 4 is 28.7 Å². The Morgan fingerprint density at radius 2 is 1.89 bits per heavy atom. The first-order valence-corrected chi connectivity index (χ1v) is 8.68. The number of hydrogen-bond donors (Lipinski definition) is 2. The number of aromatic hydroxyl groups is 1. The highest BCUT2D eigenvalue weighted by Gasteiger charge is 2.36. The van der Waals surface area contributed by atoms with Gasteiger partial charge in [-0.1, -0.05) is 6.07 Å². The van der Waals surface area contributed by atoms with Crippen LogP contribution in [0.15, 0.2) is 47.8 Å². The number of carbonyl (C=O) groups excluding carboxylic acids is 1. The average molecular weight is 405 g/mol. The molecule has 0 saturated heterocycles. The van der Waals surface area contributed by atoms with Crippen molar-refractivity contribution in [1.29, 1.82) is 0 Å². The fraction of sp³-hybridized carbons (Fsp3) is 0.0588. The molecule has 0 saturated carbocycles. The van der Waals surface area contributed by atoms with Crippen LogP contribution in [0, 0.1) is 0 Å². The van der Waals surface area contributed by atoms with E-state index in [2.05, 4.69) is 20.4 Å². The molecule has 7 nitrogen and oxygen atoms in total. The molecule has 0 aliphatic carbocycles. The van der Waals surface area contributed by atoms with Crippen molar-refractivity contribution in [3.05, 3.63) is 59.4 Å². The number of aromatic nitrogens is 4. The molecular weight excluding hydrogens is 395 g/mol. The van der Waals surface area contributed by atoms with E-state index in [1.807, 2.05) is 0 Å². The van der Waals surface area contributed by atoms with E-state index in [1.54, 1.807) is 17.5 Å². The van der Waals surface area contributed by atoms with Gasteiger partial charge in [-0.15, -0.1) is 16.4 Å². The third kappa shape index (κ3) is 3.39. The molecule has 0 bridgehead atoms. The van der Waals surface area contributed by atoms with Crippen molar-refractivity contribution in [2.24, 2.45) is 0 Å². The summed E-state index contributed by atoms with van der Waals surface area (Å²) in [7, 11) is 0. The molecule has 0 unspecified atom stereocenters. The number of nitrogens with zero attached hydrogens (tertiary/aromatic N) is 4. The van der Waals surface area contributed by atoms with Gasteiger partial charge in [0.15, 0.2) is 5.69 Å². The minimum atomic E-state index is -4.72. The van der Waals surface area contributed by atoms with Crippen LogP contribution in [0.25, 0.3) is 16.3 Å². The van der Waals surface area contributed by atoms with Crippen LogP contribution in [0.4, 0.5) is 18.9 Å². The maximum atomic E-state index is 13.5. The molecule has 142 valence electrons. The fourth-order valence-corrected chi connectivity index (χ4v) is 3.14. The van der Waals surface area contributed by atoms with Crippen LogP contribution in [0.1, 0.15) is 16.3 Å². The maximum Gasteiger partial charge on any atom is 0.433 e. The van der Waals surface area contributed by atoms with Crippen molar-refractivity contribution in [3.63, 3.8) is 0 Å². The molecule has 4 aromatic rings. The molecule has 0 aliphatic heterocycles. The zero-order chi connectivity index (χ0) is 19.9. The molecule has 3 heterocycles. The summed E-state index contributed by atoms with van der Waals surface area (Å²) in [5.74, 6) is -1.60. The summed E-state index contributed by atoms with van der Waals surface area (Å²) in [6, 6.07) is 9.76. The minimum absolute atomic E-state index is 0.00368. The van der Waals surface area contributed by atoms with E-state index in [0.29, 0.717) is 15.1 Å². The van der Waals surface area contributed by atoms with Crippen molar-refractivity contribution in [2.75, 3.05) is 5.32 Å². The molecular formula is C17H10F3N5O2S. The number of alkyl halides is 3. The van der Waals surface area contributed by atoms with Gasteiger partial charge in [-0.3, -0.25) is 4.79 Å². The number of halogens is 3. The number of thiophene rings is 1. The summed E-state index contributed by atoms with van der Waals surface area (Å²) in [6.07, 6.45) is -4.72. The summed E-state index contributed by atoms with van der Waals surface area (Å²) in [4.78, 5) is 20.8. The number of carbonyl (C=O) groups is 1. The third-order valence-electron chi connectivity index (χ3n) is 3.70. The third-order valence-corrected chi connectivity index (χ3v) is 4.60. The quantitative estimate of drug-likeness (QED) is 0.506. The van der Waals surface area contributed by atoms with Gasteiger partial charge >= 0.3 is 6.18 Å². The Bertz CT molecular complexity index is 1150. The number of phenolic OH excluding ortho intramolecular Hbond substituents is 1. The summed E-state index contributed by atoms with van der Waals surface area (Å²) in [6.45, 7) is 0. The lowest BCUT2D eigenvalue weighted by Crippen LogP contribution is -2.15. The van der Waals surface area contributed by atoms with E-state index in [9.17, 15) is 23.1 Å². The van der Waals surface area contributed by atoms with Gasteiger partial charge in [0.05, 0.1) is 10.6 Å². The Hall–Kier alpha value is -3.47. The number of benzene rings is 1. The Labute approximate surface area is 159 Å². The predicted molar refractivity (Wildman–Crippen MR) is 95.2 cm³/mol. The molecule has 1 aromatic carbocycles. The number of rotatable bonds is 3. The topological polar surface area (TPSA) is 92.4 Å². The van der Waals surface area contributed by atoms with Gasteiger partial charge in [-0.05, 0) is 41.8 Å². The average Bonchev–Trinajstić information content (AvgIpc) is 3.31. The van der Waals surface area contributed by atoms with Gasteiger partial charge in [0.1, 0.15) is 5.75 Å². The standard InChI is InChI=1S/C17H10F3N5O2S/c18-17(19,20)13-8-11(12-2-1-7-28-12)22-16-23-14(24-25(13)16)15(27)21-9-3-5-10(26)6-4-9/h1-8,26H,(H,21,27). The molecule has 0 fully saturated rings. The fourth-order valence-electron chi connectivity index (χ4n) is 2.45. The lowest BCUT2D eigenvalue weighted by atomic mass is 10.3. The molecule has 2 N–H and O–H groups in total. The zero-order valence-corrected chi connectivity index (χ0v) is 14.6. The number of amides is 1. The highest BCUT2D eigenvalue weighted by atomic mass is 32.1. The normalized spacial score (nSPS) is 11.7. The Kier molecular flexibility index (Phi) is 4.23. The van der Waals surface area contributed by atoms with E-state index in [4.69, 9.17) is 0 Å². The van der Waals surface area contributed by atoms with E-state index in [1.165, 1.54) is 35.6 Å². The number of nitrogens with one attached hydrogen (secondary N) is 1. The van der Waals surface area contributed by atoms with Gasteiger partial charge in [-0.2, -0.15) is 22.7 Å². The molecule has 28 heavy (non-hydrogen) atoms. The molecule has 0 radical (unpaired) electrons. The Morgan fingerprint density at radius 1 is 1.14 bits per heavy atom. The van der Waals surface area contributed by atoms with Crippen LogP contribution in [0.5, 0.6) is 5.75 Å². The second-order valence-electron chi connectivity index (χ2n) is 5.65. The second kappa shape index (κ2) is 6.60. The molecule has 11 heteroatoms. The Morgan fingerprint density at radius 3 is 2.54 bits per heavy atom. The van der Waals surface area contributed by atoms with Gasteiger partial charge < -0.3 is 10.4 Å². The van der Waals surface area contributed by atoms with Crippen LogP contribution in [-0.2, 0) is 6.18 Å². The van der Waals surface area contributed by atoms with Gasteiger partial charge in [0, 0.05) is 5.69 Å². The SMILES string of the molecule is O=C(Nc1ccc(O)cc1)c1nc2nc(-c3cccs3)cc(C(F)(F)F)n2n1. The summed E-state index contributed by atoms with van der Waals surface area (Å²) < 4.78 is 41.0. The van der Waals surface area contributed by atoms with Crippen LogP contribution in [0.3, 0.4) is 0 Å². The first kappa shape index (κ1) is 17.9. The zero-order valence-electron chi connectivity index (χ0n) is 13.8. The van der Waals surface area contributed by atoms with E-state index in [-0.39, 0.29) is 17.2 Å². The van der Waals surface area contributed by atoms with Gasteiger partial charge in [-0.25, -0.2) is 4.98 Å². The van der Waals surface area contributed by atoms with Crippen LogP contribution in [0.2, 0.25) is 0 Å². The summed E-state index contributed by atoms with van der Waals surface area (Å²) in [5, 5.41) is 17.1. The number of fused-ring (bicyclic) bond motifs is 1. The first-order chi connectivity index (χ1) is 13.3.